The number of amides is 2. The van der Waals surface area contributed by atoms with E-state index in [1.54, 1.807) is 4.90 Å². The molecule has 0 bridgehead atoms. The number of ether oxygens (including phenoxy) is 1. The molecular weight excluding hydrogens is 244 g/mol. The van der Waals surface area contributed by atoms with Gasteiger partial charge in [0.1, 0.15) is 6.61 Å². The summed E-state index contributed by atoms with van der Waals surface area (Å²) in [6.45, 7) is 5.41. The Labute approximate surface area is 112 Å². The zero-order valence-electron chi connectivity index (χ0n) is 11.2. The minimum absolute atomic E-state index is 0.0945. The van der Waals surface area contributed by atoms with Crippen LogP contribution in [0.1, 0.15) is 17.5 Å². The highest BCUT2D eigenvalue weighted by atomic mass is 16.6. The van der Waals surface area contributed by atoms with E-state index in [-0.39, 0.29) is 18.4 Å². The zero-order chi connectivity index (χ0) is 13.8. The Hall–Kier alpha value is -2.04. The summed E-state index contributed by atoms with van der Waals surface area (Å²) in [6.07, 6.45) is -0.0545. The van der Waals surface area contributed by atoms with Crippen LogP contribution in [0.25, 0.3) is 0 Å². The number of carbonyl (C=O) groups excluding carboxylic acids is 2. The number of carbonyl (C=O) groups is 2. The van der Waals surface area contributed by atoms with Gasteiger partial charge in [-0.05, 0) is 37.1 Å². The highest BCUT2D eigenvalue weighted by Gasteiger charge is 2.22. The van der Waals surface area contributed by atoms with Crippen LogP contribution in [0.5, 0.6) is 0 Å². The van der Waals surface area contributed by atoms with E-state index < -0.39 is 0 Å². The molecule has 1 aliphatic heterocycles. The number of anilines is 1. The minimum atomic E-state index is -0.334. The van der Waals surface area contributed by atoms with Crippen molar-refractivity contribution in [1.29, 1.82) is 0 Å². The first kappa shape index (κ1) is 13.4. The SMILES string of the molecule is Cc1ccc(NC(=O)CCN2CCOC2=O)cc1C. The molecule has 0 saturated carbocycles. The van der Waals surface area contributed by atoms with Crippen LogP contribution < -0.4 is 5.32 Å². The Morgan fingerprint density at radius 1 is 1.37 bits per heavy atom. The van der Waals surface area contributed by atoms with E-state index in [1.807, 2.05) is 32.0 Å². The molecule has 5 nitrogen and oxygen atoms in total. The molecule has 102 valence electrons. The zero-order valence-corrected chi connectivity index (χ0v) is 11.2. The Balaban J connectivity index is 1.83. The van der Waals surface area contributed by atoms with Gasteiger partial charge in [-0.1, -0.05) is 6.07 Å². The summed E-state index contributed by atoms with van der Waals surface area (Å²) in [5.41, 5.74) is 3.12. The van der Waals surface area contributed by atoms with Gasteiger partial charge in [0.05, 0.1) is 6.54 Å². The van der Waals surface area contributed by atoms with Crippen LogP contribution in [0.4, 0.5) is 10.5 Å². The second-order valence-electron chi connectivity index (χ2n) is 4.70. The first-order valence-corrected chi connectivity index (χ1v) is 6.35. The van der Waals surface area contributed by atoms with Crippen LogP contribution >= 0.6 is 0 Å². The third kappa shape index (κ3) is 3.47. The van der Waals surface area contributed by atoms with Gasteiger partial charge in [0.15, 0.2) is 0 Å². The van der Waals surface area contributed by atoms with Crippen LogP contribution in [0.3, 0.4) is 0 Å². The van der Waals surface area contributed by atoms with Crippen molar-refractivity contribution in [2.24, 2.45) is 0 Å². The van der Waals surface area contributed by atoms with Crippen LogP contribution in [0, 0.1) is 13.8 Å². The van der Waals surface area contributed by atoms with Crippen molar-refractivity contribution in [3.8, 4) is 0 Å². The van der Waals surface area contributed by atoms with Crippen molar-refractivity contribution < 1.29 is 14.3 Å². The standard InChI is InChI=1S/C14H18N2O3/c1-10-3-4-12(9-11(10)2)15-13(17)5-6-16-7-8-19-14(16)18/h3-4,9H,5-8H2,1-2H3,(H,15,17). The van der Waals surface area contributed by atoms with Crippen LogP contribution in [0.2, 0.25) is 0 Å². The lowest BCUT2D eigenvalue weighted by molar-refractivity contribution is -0.116. The van der Waals surface area contributed by atoms with Crippen molar-refractivity contribution in [2.45, 2.75) is 20.3 Å². The van der Waals surface area contributed by atoms with Gasteiger partial charge >= 0.3 is 6.09 Å². The molecule has 2 rings (SSSR count). The topological polar surface area (TPSA) is 58.6 Å². The molecule has 5 heteroatoms. The average Bonchev–Trinajstić information content (AvgIpc) is 2.77. The van der Waals surface area contributed by atoms with Crippen molar-refractivity contribution in [3.63, 3.8) is 0 Å². The molecule has 0 radical (unpaired) electrons. The van der Waals surface area contributed by atoms with Gasteiger partial charge in [-0.15, -0.1) is 0 Å². The molecule has 0 aliphatic carbocycles. The fourth-order valence-corrected chi connectivity index (χ4v) is 1.91. The number of cyclic esters (lactones) is 1. The largest absolute Gasteiger partial charge is 0.448 e. The molecule has 0 unspecified atom stereocenters. The second-order valence-corrected chi connectivity index (χ2v) is 4.70. The molecule has 0 atom stereocenters. The fourth-order valence-electron chi connectivity index (χ4n) is 1.91. The minimum Gasteiger partial charge on any atom is -0.448 e. The predicted molar refractivity (Wildman–Crippen MR) is 72.1 cm³/mol. The molecule has 1 aromatic rings. The van der Waals surface area contributed by atoms with E-state index in [4.69, 9.17) is 4.74 Å². The van der Waals surface area contributed by atoms with Gasteiger partial charge in [0, 0.05) is 18.7 Å². The van der Waals surface area contributed by atoms with Gasteiger partial charge in [-0.25, -0.2) is 4.79 Å². The number of benzene rings is 1. The number of nitrogens with one attached hydrogen (secondary N) is 1. The highest BCUT2D eigenvalue weighted by molar-refractivity contribution is 5.91. The quantitative estimate of drug-likeness (QED) is 0.903. The van der Waals surface area contributed by atoms with Crippen LogP contribution in [-0.4, -0.2) is 36.6 Å². The van der Waals surface area contributed by atoms with Crippen molar-refractivity contribution in [2.75, 3.05) is 25.0 Å². The molecule has 1 N–H and O–H groups in total. The van der Waals surface area contributed by atoms with Crippen LogP contribution in [-0.2, 0) is 9.53 Å². The molecule has 0 spiro atoms. The summed E-state index contributed by atoms with van der Waals surface area (Å²) in [5, 5.41) is 2.83. The van der Waals surface area contributed by atoms with E-state index in [1.165, 1.54) is 5.56 Å². The van der Waals surface area contributed by atoms with Crippen molar-refractivity contribution >= 4 is 17.7 Å². The van der Waals surface area contributed by atoms with Crippen LogP contribution in [0.15, 0.2) is 18.2 Å². The molecule has 1 aromatic carbocycles. The molecule has 2 amide bonds. The lowest BCUT2D eigenvalue weighted by Crippen LogP contribution is -2.28. The Morgan fingerprint density at radius 2 is 2.16 bits per heavy atom. The maximum atomic E-state index is 11.8. The van der Waals surface area contributed by atoms with E-state index in [9.17, 15) is 9.59 Å². The summed E-state index contributed by atoms with van der Waals surface area (Å²) in [4.78, 5) is 24.5. The third-order valence-electron chi connectivity index (χ3n) is 3.24. The van der Waals surface area contributed by atoms with Gasteiger partial charge in [0.2, 0.25) is 5.91 Å². The summed E-state index contributed by atoms with van der Waals surface area (Å²) in [5.74, 6) is -0.0945. The Morgan fingerprint density at radius 3 is 2.79 bits per heavy atom. The summed E-state index contributed by atoms with van der Waals surface area (Å²) >= 11 is 0. The first-order valence-electron chi connectivity index (χ1n) is 6.35. The molecule has 1 aliphatic rings. The maximum absolute atomic E-state index is 11.8. The predicted octanol–water partition coefficient (Wildman–Crippen LogP) is 2.08. The lowest BCUT2D eigenvalue weighted by Gasteiger charge is -2.12. The third-order valence-corrected chi connectivity index (χ3v) is 3.24. The highest BCUT2D eigenvalue weighted by Crippen LogP contribution is 2.14. The molecular formula is C14H18N2O3. The molecule has 1 fully saturated rings. The number of rotatable bonds is 4. The van der Waals surface area contributed by atoms with E-state index in [0.29, 0.717) is 19.7 Å². The normalized spacial score (nSPS) is 14.4. The van der Waals surface area contributed by atoms with E-state index >= 15 is 0 Å². The van der Waals surface area contributed by atoms with Crippen molar-refractivity contribution in [3.05, 3.63) is 29.3 Å². The van der Waals surface area contributed by atoms with Gasteiger partial charge in [0.25, 0.3) is 0 Å². The number of aryl methyl sites for hydroxylation is 2. The second kappa shape index (κ2) is 5.73. The Kier molecular flexibility index (Phi) is 4.04. The fraction of sp³-hybridized carbons (Fsp3) is 0.429. The number of hydrogen-bond acceptors (Lipinski definition) is 3. The number of nitrogens with zero attached hydrogens (tertiary/aromatic N) is 1. The monoisotopic (exact) mass is 262 g/mol. The molecule has 1 saturated heterocycles. The summed E-state index contributed by atoms with van der Waals surface area (Å²) < 4.78 is 4.80. The van der Waals surface area contributed by atoms with Gasteiger partial charge in [-0.2, -0.15) is 0 Å². The summed E-state index contributed by atoms with van der Waals surface area (Å²) in [7, 11) is 0. The van der Waals surface area contributed by atoms with Gasteiger partial charge in [-0.3, -0.25) is 4.79 Å². The summed E-state index contributed by atoms with van der Waals surface area (Å²) in [6, 6.07) is 5.80. The molecule has 1 heterocycles. The van der Waals surface area contributed by atoms with E-state index in [0.717, 1.165) is 11.3 Å². The molecule has 0 aromatic heterocycles. The smallest absolute Gasteiger partial charge is 0.409 e. The average molecular weight is 262 g/mol. The number of hydrogen-bond donors (Lipinski definition) is 1. The lowest BCUT2D eigenvalue weighted by atomic mass is 10.1. The molecule has 19 heavy (non-hydrogen) atoms. The van der Waals surface area contributed by atoms with E-state index in [2.05, 4.69) is 5.32 Å². The van der Waals surface area contributed by atoms with Gasteiger partial charge < -0.3 is 15.0 Å². The maximum Gasteiger partial charge on any atom is 0.409 e. The van der Waals surface area contributed by atoms with Crippen molar-refractivity contribution in [1.82, 2.24) is 4.90 Å². The Bertz CT molecular complexity index is 499. The first-order chi connectivity index (χ1) is 9.06.